The minimum Gasteiger partial charge on any atom is -0.354 e. The molecule has 0 aromatic heterocycles. The molecular weight excluding hydrogens is 292 g/mol. The third kappa shape index (κ3) is 2.97. The van der Waals surface area contributed by atoms with Crippen LogP contribution in [0.3, 0.4) is 0 Å². The fourth-order valence-electron chi connectivity index (χ4n) is 4.11. The highest BCUT2D eigenvalue weighted by atomic mass is 35.5. The second-order valence-corrected chi connectivity index (χ2v) is 8.50. The van der Waals surface area contributed by atoms with Gasteiger partial charge in [-0.05, 0) is 50.8 Å². The van der Waals surface area contributed by atoms with Crippen molar-refractivity contribution in [1.29, 1.82) is 0 Å². The lowest BCUT2D eigenvalue weighted by Gasteiger charge is -2.38. The molecule has 2 heterocycles. The number of fused-ring (bicyclic) bond motifs is 1. The average Bonchev–Trinajstić information content (AvgIpc) is 3.03. The van der Waals surface area contributed by atoms with Crippen molar-refractivity contribution in [3.05, 3.63) is 0 Å². The molecule has 20 heavy (non-hydrogen) atoms. The summed E-state index contributed by atoms with van der Waals surface area (Å²) in [6.45, 7) is 5.09. The SMILES string of the molecule is CC1(CNC(=O)[C@@]23CCCC[C@H]2CNC3)CCCS1.Cl. The van der Waals surface area contributed by atoms with Crippen LogP contribution in [0.25, 0.3) is 0 Å². The standard InChI is InChI=1S/C15H26N2OS.ClH/c1-14(6-4-8-19-14)10-17-13(18)15-7-3-2-5-12(15)9-16-11-15;/h12,16H,2-11H2,1H3,(H,17,18);1H/t12-,14?,15+;/m0./s1. The first kappa shape index (κ1) is 16.4. The second kappa shape index (κ2) is 6.45. The summed E-state index contributed by atoms with van der Waals surface area (Å²) in [5.74, 6) is 2.16. The number of carbonyl (C=O) groups is 1. The van der Waals surface area contributed by atoms with Gasteiger partial charge in [-0.1, -0.05) is 12.8 Å². The summed E-state index contributed by atoms with van der Waals surface area (Å²) in [4.78, 5) is 12.7. The van der Waals surface area contributed by atoms with Crippen LogP contribution < -0.4 is 10.6 Å². The third-order valence-electron chi connectivity index (χ3n) is 5.41. The van der Waals surface area contributed by atoms with Crippen molar-refractivity contribution in [2.45, 2.75) is 50.2 Å². The van der Waals surface area contributed by atoms with E-state index in [0.717, 1.165) is 26.1 Å². The second-order valence-electron chi connectivity index (χ2n) is 6.81. The van der Waals surface area contributed by atoms with Crippen LogP contribution in [-0.2, 0) is 4.79 Å². The van der Waals surface area contributed by atoms with Crippen LogP contribution in [0, 0.1) is 11.3 Å². The Hall–Kier alpha value is 0.0700. The summed E-state index contributed by atoms with van der Waals surface area (Å²) in [6, 6.07) is 0. The Morgan fingerprint density at radius 1 is 1.35 bits per heavy atom. The summed E-state index contributed by atoms with van der Waals surface area (Å²) >= 11 is 2.03. The molecule has 116 valence electrons. The van der Waals surface area contributed by atoms with E-state index in [0.29, 0.717) is 11.8 Å². The van der Waals surface area contributed by atoms with Crippen LogP contribution >= 0.6 is 24.2 Å². The number of thioether (sulfide) groups is 1. The Morgan fingerprint density at radius 2 is 2.20 bits per heavy atom. The first-order valence-electron chi connectivity index (χ1n) is 7.78. The molecule has 3 atom stereocenters. The quantitative estimate of drug-likeness (QED) is 0.840. The monoisotopic (exact) mass is 318 g/mol. The molecule has 1 saturated carbocycles. The number of amides is 1. The number of halogens is 1. The van der Waals surface area contributed by atoms with Crippen LogP contribution in [0.1, 0.15) is 45.4 Å². The van der Waals surface area contributed by atoms with Crippen molar-refractivity contribution in [2.24, 2.45) is 11.3 Å². The summed E-state index contributed by atoms with van der Waals surface area (Å²) in [7, 11) is 0. The molecule has 2 aliphatic heterocycles. The van der Waals surface area contributed by atoms with Gasteiger partial charge in [0.05, 0.1) is 5.41 Å². The van der Waals surface area contributed by atoms with E-state index in [1.807, 2.05) is 11.8 Å². The lowest BCUT2D eigenvalue weighted by Crippen LogP contribution is -2.50. The third-order valence-corrected chi connectivity index (χ3v) is 6.95. The smallest absolute Gasteiger partial charge is 0.227 e. The van der Waals surface area contributed by atoms with Crippen LogP contribution in [0.15, 0.2) is 0 Å². The topological polar surface area (TPSA) is 41.1 Å². The van der Waals surface area contributed by atoms with Gasteiger partial charge < -0.3 is 10.6 Å². The van der Waals surface area contributed by atoms with E-state index < -0.39 is 0 Å². The van der Waals surface area contributed by atoms with Gasteiger partial charge in [-0.15, -0.1) is 12.4 Å². The lowest BCUT2D eigenvalue weighted by atomic mass is 9.67. The largest absolute Gasteiger partial charge is 0.354 e. The molecule has 1 amide bonds. The molecule has 3 aliphatic rings. The van der Waals surface area contributed by atoms with Gasteiger partial charge in [0.25, 0.3) is 0 Å². The van der Waals surface area contributed by atoms with Crippen molar-refractivity contribution < 1.29 is 4.79 Å². The fourth-order valence-corrected chi connectivity index (χ4v) is 5.35. The van der Waals surface area contributed by atoms with Crippen LogP contribution in [0.4, 0.5) is 0 Å². The molecule has 1 aliphatic carbocycles. The summed E-state index contributed by atoms with van der Waals surface area (Å²) in [5, 5.41) is 6.75. The minimum atomic E-state index is -0.0854. The molecule has 2 saturated heterocycles. The minimum absolute atomic E-state index is 0. The Balaban J connectivity index is 0.00000147. The van der Waals surface area contributed by atoms with Crippen molar-refractivity contribution in [3.8, 4) is 0 Å². The van der Waals surface area contributed by atoms with Crippen molar-refractivity contribution in [3.63, 3.8) is 0 Å². The van der Waals surface area contributed by atoms with Crippen molar-refractivity contribution in [1.82, 2.24) is 10.6 Å². The van der Waals surface area contributed by atoms with Crippen LogP contribution in [-0.4, -0.2) is 36.0 Å². The van der Waals surface area contributed by atoms with Gasteiger partial charge in [0.2, 0.25) is 5.91 Å². The van der Waals surface area contributed by atoms with Crippen LogP contribution in [0.2, 0.25) is 0 Å². The molecule has 3 rings (SSSR count). The lowest BCUT2D eigenvalue weighted by molar-refractivity contribution is -0.134. The molecular formula is C15H27ClN2OS. The highest BCUT2D eigenvalue weighted by Crippen LogP contribution is 2.44. The Morgan fingerprint density at radius 3 is 2.95 bits per heavy atom. The molecule has 0 aromatic rings. The van der Waals surface area contributed by atoms with Gasteiger partial charge in [0, 0.05) is 17.8 Å². The fraction of sp³-hybridized carbons (Fsp3) is 0.933. The number of rotatable bonds is 3. The van der Waals surface area contributed by atoms with Gasteiger partial charge in [0.15, 0.2) is 0 Å². The van der Waals surface area contributed by atoms with Gasteiger partial charge in [0.1, 0.15) is 0 Å². The first-order valence-corrected chi connectivity index (χ1v) is 8.76. The first-order chi connectivity index (χ1) is 9.15. The zero-order valence-corrected chi connectivity index (χ0v) is 14.0. The van der Waals surface area contributed by atoms with E-state index in [9.17, 15) is 4.79 Å². The molecule has 0 bridgehead atoms. The zero-order chi connectivity index (χ0) is 13.3. The van der Waals surface area contributed by atoms with Crippen LogP contribution in [0.5, 0.6) is 0 Å². The number of hydrogen-bond donors (Lipinski definition) is 2. The predicted octanol–water partition coefficient (Wildman–Crippen LogP) is 2.59. The summed E-state index contributed by atoms with van der Waals surface area (Å²) in [5.41, 5.74) is -0.0854. The van der Waals surface area contributed by atoms with E-state index in [1.165, 1.54) is 37.9 Å². The maximum absolute atomic E-state index is 12.7. The van der Waals surface area contributed by atoms with E-state index in [1.54, 1.807) is 0 Å². The Bertz CT molecular complexity index is 360. The average molecular weight is 319 g/mol. The summed E-state index contributed by atoms with van der Waals surface area (Å²) in [6.07, 6.45) is 7.37. The molecule has 0 spiro atoms. The number of carbonyl (C=O) groups excluding carboxylic acids is 1. The number of nitrogens with one attached hydrogen (secondary N) is 2. The van der Waals surface area contributed by atoms with E-state index in [2.05, 4.69) is 17.6 Å². The van der Waals surface area contributed by atoms with Gasteiger partial charge in [-0.2, -0.15) is 11.8 Å². The van der Waals surface area contributed by atoms with Gasteiger partial charge in [-0.3, -0.25) is 4.79 Å². The zero-order valence-electron chi connectivity index (χ0n) is 12.4. The Labute approximate surface area is 132 Å². The van der Waals surface area contributed by atoms with E-state index in [-0.39, 0.29) is 22.6 Å². The summed E-state index contributed by atoms with van der Waals surface area (Å²) < 4.78 is 0.280. The maximum atomic E-state index is 12.7. The molecule has 0 radical (unpaired) electrons. The van der Waals surface area contributed by atoms with Gasteiger partial charge >= 0.3 is 0 Å². The van der Waals surface area contributed by atoms with E-state index in [4.69, 9.17) is 0 Å². The molecule has 0 aromatic carbocycles. The highest BCUT2D eigenvalue weighted by Gasteiger charge is 2.50. The molecule has 5 heteroatoms. The van der Waals surface area contributed by atoms with Gasteiger partial charge in [-0.25, -0.2) is 0 Å². The highest BCUT2D eigenvalue weighted by molar-refractivity contribution is 8.00. The molecule has 1 unspecified atom stereocenters. The normalized spacial score (nSPS) is 40.0. The molecule has 3 fully saturated rings. The van der Waals surface area contributed by atoms with Crippen molar-refractivity contribution >= 4 is 30.1 Å². The number of hydrogen-bond acceptors (Lipinski definition) is 3. The molecule has 3 nitrogen and oxygen atoms in total. The Kier molecular flexibility index (Phi) is 5.30. The molecule has 2 N–H and O–H groups in total. The predicted molar refractivity (Wildman–Crippen MR) is 87.6 cm³/mol. The van der Waals surface area contributed by atoms with Crippen molar-refractivity contribution in [2.75, 3.05) is 25.4 Å². The maximum Gasteiger partial charge on any atom is 0.227 e. The van der Waals surface area contributed by atoms with E-state index >= 15 is 0 Å².